The molecular weight excluding hydrogens is 211 g/mol. The molecule has 0 bridgehead atoms. The normalized spacial score (nSPS) is 16.0. The van der Waals surface area contributed by atoms with Gasteiger partial charge in [-0.3, -0.25) is 0 Å². The van der Waals surface area contributed by atoms with Gasteiger partial charge in [-0.15, -0.1) is 12.4 Å². The van der Waals surface area contributed by atoms with E-state index in [1.54, 1.807) is 33.6 Å². The van der Waals surface area contributed by atoms with Crippen molar-refractivity contribution in [1.29, 1.82) is 0 Å². The Morgan fingerprint density at radius 3 is 2.56 bits per heavy atom. The molecule has 0 unspecified atom stereocenters. The van der Waals surface area contributed by atoms with E-state index >= 15 is 0 Å². The van der Waals surface area contributed by atoms with E-state index < -0.39 is 0 Å². The molecule has 1 aliphatic carbocycles. The molecule has 0 aromatic carbocycles. The van der Waals surface area contributed by atoms with E-state index in [4.69, 9.17) is 0 Å². The van der Waals surface area contributed by atoms with Crippen molar-refractivity contribution in [2.24, 2.45) is 0 Å². The van der Waals surface area contributed by atoms with Gasteiger partial charge in [0.05, 0.1) is 0 Å². The molecule has 0 saturated heterocycles. The summed E-state index contributed by atoms with van der Waals surface area (Å²) in [7, 11) is 0. The third-order valence-corrected chi connectivity index (χ3v) is 2.70. The van der Waals surface area contributed by atoms with Gasteiger partial charge in [-0.1, -0.05) is 0 Å². The number of halogens is 1. The molecule has 0 saturated carbocycles. The minimum absolute atomic E-state index is 0. The topological polar surface area (TPSA) is 0 Å². The quantitative estimate of drug-likeness (QED) is 0.638. The van der Waals surface area contributed by atoms with E-state index in [0.717, 1.165) is 0 Å². The maximum Gasteiger partial charge on any atom is -0.147 e. The third kappa shape index (κ3) is 2.39. The van der Waals surface area contributed by atoms with Crippen molar-refractivity contribution in [3.05, 3.63) is 21.0 Å². The summed E-state index contributed by atoms with van der Waals surface area (Å²) in [4.78, 5) is 0. The van der Waals surface area contributed by atoms with Crippen LogP contribution in [0.1, 0.15) is 19.8 Å². The zero-order chi connectivity index (χ0) is 5.98. The second-order valence-corrected chi connectivity index (χ2v) is 3.45. The van der Waals surface area contributed by atoms with Crippen LogP contribution in [0.4, 0.5) is 0 Å². The van der Waals surface area contributed by atoms with E-state index in [9.17, 15) is 0 Å². The molecule has 0 fully saturated rings. The van der Waals surface area contributed by atoms with Crippen LogP contribution in [-0.4, -0.2) is 0 Å². The summed E-state index contributed by atoms with van der Waals surface area (Å²) in [5.74, 6) is 0. The van der Waals surface area contributed by atoms with Gasteiger partial charge in [-0.25, -0.2) is 0 Å². The van der Waals surface area contributed by atoms with Crippen molar-refractivity contribution >= 4 is 12.4 Å². The molecule has 0 aromatic heterocycles. The first kappa shape index (κ1) is 9.65. The molecule has 0 amide bonds. The van der Waals surface area contributed by atoms with Crippen LogP contribution in [0.2, 0.25) is 0 Å². The average molecular weight is 221 g/mol. The molecule has 0 atom stereocenters. The van der Waals surface area contributed by atoms with Crippen LogP contribution < -0.4 is 0 Å². The van der Waals surface area contributed by atoms with E-state index in [-0.39, 0.29) is 12.4 Å². The minimum Gasteiger partial charge on any atom is -0.147 e. The summed E-state index contributed by atoms with van der Waals surface area (Å²) < 4.78 is 1.64. The van der Waals surface area contributed by atoms with Crippen molar-refractivity contribution in [2.45, 2.75) is 19.8 Å². The molecule has 0 aromatic rings. The Bertz CT molecular complexity index is 147. The first-order chi connectivity index (χ1) is 3.84. The van der Waals surface area contributed by atoms with Crippen molar-refractivity contribution in [3.63, 3.8) is 0 Å². The number of rotatable bonds is 1. The van der Waals surface area contributed by atoms with E-state index in [1.165, 1.54) is 12.8 Å². The predicted octanol–water partition coefficient (Wildman–Crippen LogP) is 2.58. The summed E-state index contributed by atoms with van der Waals surface area (Å²) >= 11 is 1.60. The Kier molecular flexibility index (Phi) is 4.79. The van der Waals surface area contributed by atoms with Crippen LogP contribution in [0.15, 0.2) is 21.0 Å². The van der Waals surface area contributed by atoms with Gasteiger partial charge < -0.3 is 0 Å². The van der Waals surface area contributed by atoms with Gasteiger partial charge in [0, 0.05) is 0 Å². The van der Waals surface area contributed by atoms with Gasteiger partial charge in [-0.2, -0.15) is 0 Å². The first-order valence-electron chi connectivity index (χ1n) is 2.94. The number of hydrogen-bond acceptors (Lipinski definition) is 0. The summed E-state index contributed by atoms with van der Waals surface area (Å²) in [6.07, 6.45) is 6.95. The largest absolute Gasteiger partial charge is 0.147 e. The number of allylic oxidation sites excluding steroid dienone is 4. The Hall–Kier alpha value is 0.653. The van der Waals surface area contributed by atoms with E-state index in [1.807, 2.05) is 0 Å². The van der Waals surface area contributed by atoms with Crippen molar-refractivity contribution in [1.82, 2.24) is 0 Å². The van der Waals surface area contributed by atoms with E-state index in [0.29, 0.717) is 0 Å². The monoisotopic (exact) mass is 219 g/mol. The fourth-order valence-electron chi connectivity index (χ4n) is 0.882. The molecule has 2 heteroatoms. The molecule has 1 rings (SSSR count). The van der Waals surface area contributed by atoms with Crippen LogP contribution in [0.25, 0.3) is 0 Å². The zero-order valence-electron chi connectivity index (χ0n) is 5.48. The van der Waals surface area contributed by atoms with Gasteiger partial charge >= 0.3 is 65.5 Å². The first-order valence-corrected chi connectivity index (χ1v) is 4.17. The minimum atomic E-state index is 0. The van der Waals surface area contributed by atoms with E-state index in [2.05, 4.69) is 19.1 Å². The van der Waals surface area contributed by atoms with Crippen molar-refractivity contribution < 1.29 is 24.7 Å². The van der Waals surface area contributed by atoms with Gasteiger partial charge in [-0.05, 0) is 0 Å². The molecule has 0 N–H and O–H groups in total. The molecule has 49 valence electrons. The SMILES string of the molecule is CCC1=[C]([Zr])CC=C1.Cl. The van der Waals surface area contributed by atoms with Crippen molar-refractivity contribution in [3.8, 4) is 0 Å². The summed E-state index contributed by atoms with van der Waals surface area (Å²) in [6.45, 7) is 2.22. The summed E-state index contributed by atoms with van der Waals surface area (Å²) in [5.41, 5.74) is 1.57. The fraction of sp³-hybridized carbons (Fsp3) is 0.429. The van der Waals surface area contributed by atoms with Crippen LogP contribution in [0.3, 0.4) is 0 Å². The molecular formula is C7H10ClZr. The Morgan fingerprint density at radius 1 is 1.67 bits per heavy atom. The van der Waals surface area contributed by atoms with Gasteiger partial charge in [0.15, 0.2) is 0 Å². The van der Waals surface area contributed by atoms with Crippen LogP contribution >= 0.6 is 12.4 Å². The molecule has 0 spiro atoms. The summed E-state index contributed by atoms with van der Waals surface area (Å²) in [5, 5.41) is 0. The van der Waals surface area contributed by atoms with Crippen molar-refractivity contribution in [2.75, 3.05) is 0 Å². The fourth-order valence-corrected chi connectivity index (χ4v) is 1.81. The molecule has 0 aliphatic heterocycles. The maximum absolute atomic E-state index is 2.25. The second-order valence-electron chi connectivity index (χ2n) is 1.96. The maximum atomic E-state index is 2.25. The Labute approximate surface area is 77.7 Å². The predicted molar refractivity (Wildman–Crippen MR) is 38.3 cm³/mol. The second kappa shape index (κ2) is 4.47. The third-order valence-electron chi connectivity index (χ3n) is 1.41. The number of hydrogen-bond donors (Lipinski definition) is 0. The molecule has 0 radical (unpaired) electrons. The van der Waals surface area contributed by atoms with Gasteiger partial charge in [0.2, 0.25) is 0 Å². The summed E-state index contributed by atoms with van der Waals surface area (Å²) in [6, 6.07) is 0. The average Bonchev–Trinajstić information content (AvgIpc) is 2.14. The molecule has 0 heterocycles. The van der Waals surface area contributed by atoms with Gasteiger partial charge in [0.25, 0.3) is 0 Å². The Balaban J connectivity index is 0.000000640. The van der Waals surface area contributed by atoms with Crippen LogP contribution in [0, 0.1) is 0 Å². The molecule has 0 nitrogen and oxygen atoms in total. The zero-order valence-corrected chi connectivity index (χ0v) is 8.75. The van der Waals surface area contributed by atoms with Crippen LogP contribution in [-0.2, 0) is 24.7 Å². The van der Waals surface area contributed by atoms with Crippen LogP contribution in [0.5, 0.6) is 0 Å². The Morgan fingerprint density at radius 2 is 2.33 bits per heavy atom. The standard InChI is InChI=1S/C7H9.ClH.Zr/c1-2-7-5-3-4-6-7;;/h3,5H,2,4H2,1H3;1H;. The smallest absolute Gasteiger partial charge is 0.147 e. The molecule has 9 heavy (non-hydrogen) atoms. The molecule has 1 aliphatic rings. The van der Waals surface area contributed by atoms with Gasteiger partial charge in [0.1, 0.15) is 0 Å².